The van der Waals surface area contributed by atoms with E-state index in [0.717, 1.165) is 6.42 Å². The Balaban J connectivity index is 2.27. The van der Waals surface area contributed by atoms with Crippen LogP contribution in [-0.2, 0) is 19.7 Å². The number of aliphatic carboxylic acids is 1. The average molecular weight is 306 g/mol. The van der Waals surface area contributed by atoms with Gasteiger partial charge in [-0.25, -0.2) is 0 Å². The van der Waals surface area contributed by atoms with Crippen LogP contribution in [0, 0.1) is 5.92 Å². The molecule has 0 aliphatic carbocycles. The third-order valence-corrected chi connectivity index (χ3v) is 4.75. The lowest BCUT2D eigenvalue weighted by Gasteiger charge is -2.29. The van der Waals surface area contributed by atoms with Crippen molar-refractivity contribution < 1.29 is 23.1 Å². The van der Waals surface area contributed by atoms with Crippen molar-refractivity contribution in [3.63, 3.8) is 0 Å². The number of carboxylic acids is 1. The van der Waals surface area contributed by atoms with Crippen LogP contribution in [0.1, 0.15) is 19.3 Å². The van der Waals surface area contributed by atoms with Gasteiger partial charge in [0.25, 0.3) is 10.2 Å². The Morgan fingerprint density at radius 2 is 2.05 bits per heavy atom. The Morgan fingerprint density at radius 1 is 1.40 bits per heavy atom. The summed E-state index contributed by atoms with van der Waals surface area (Å²) in [5.41, 5.74) is 0. The van der Waals surface area contributed by atoms with Gasteiger partial charge in [0.1, 0.15) is 0 Å². The van der Waals surface area contributed by atoms with E-state index in [9.17, 15) is 13.2 Å². The standard InChI is InChI=1S/C12H22N2O5S/c1-2-3-9-19-10-6-13-20(17,18)14-7-4-11(5-8-14)12(15)16/h2,11,13H,1,3-10H2,(H,15,16). The molecule has 20 heavy (non-hydrogen) atoms. The molecule has 7 nitrogen and oxygen atoms in total. The number of nitrogens with one attached hydrogen (secondary N) is 1. The lowest BCUT2D eigenvalue weighted by atomic mass is 9.99. The van der Waals surface area contributed by atoms with Crippen LogP contribution >= 0.6 is 0 Å². The monoisotopic (exact) mass is 306 g/mol. The van der Waals surface area contributed by atoms with Gasteiger partial charge in [-0.1, -0.05) is 6.08 Å². The van der Waals surface area contributed by atoms with Gasteiger partial charge in [-0.3, -0.25) is 4.79 Å². The molecule has 0 aromatic rings. The smallest absolute Gasteiger partial charge is 0.306 e. The highest BCUT2D eigenvalue weighted by molar-refractivity contribution is 7.87. The zero-order valence-electron chi connectivity index (χ0n) is 11.5. The van der Waals surface area contributed by atoms with Crippen LogP contribution in [0.3, 0.4) is 0 Å². The minimum Gasteiger partial charge on any atom is -0.481 e. The highest BCUT2D eigenvalue weighted by Gasteiger charge is 2.30. The van der Waals surface area contributed by atoms with Crippen molar-refractivity contribution in [2.24, 2.45) is 5.92 Å². The maximum Gasteiger partial charge on any atom is 0.306 e. The molecule has 0 unspecified atom stereocenters. The lowest BCUT2D eigenvalue weighted by molar-refractivity contribution is -0.142. The number of piperidine rings is 1. The van der Waals surface area contributed by atoms with Crippen LogP contribution in [0.15, 0.2) is 12.7 Å². The van der Waals surface area contributed by atoms with Crippen LogP contribution < -0.4 is 4.72 Å². The molecule has 1 aliphatic heterocycles. The summed E-state index contributed by atoms with van der Waals surface area (Å²) in [4.78, 5) is 10.8. The summed E-state index contributed by atoms with van der Waals surface area (Å²) in [6.45, 7) is 5.07. The first-order chi connectivity index (χ1) is 9.47. The van der Waals surface area contributed by atoms with Gasteiger partial charge in [-0.15, -0.1) is 6.58 Å². The molecule has 1 fully saturated rings. The van der Waals surface area contributed by atoms with Gasteiger partial charge < -0.3 is 9.84 Å². The van der Waals surface area contributed by atoms with Crippen molar-refractivity contribution in [1.29, 1.82) is 0 Å². The van der Waals surface area contributed by atoms with E-state index in [-0.39, 0.29) is 19.6 Å². The fourth-order valence-electron chi connectivity index (χ4n) is 1.95. The van der Waals surface area contributed by atoms with Crippen LogP contribution in [0.5, 0.6) is 0 Å². The molecule has 0 amide bonds. The van der Waals surface area contributed by atoms with Crippen LogP contribution in [-0.4, -0.2) is 56.6 Å². The summed E-state index contributed by atoms with van der Waals surface area (Å²) >= 11 is 0. The predicted molar refractivity (Wildman–Crippen MR) is 74.5 cm³/mol. The van der Waals surface area contributed by atoms with Gasteiger partial charge in [-0.2, -0.15) is 17.4 Å². The minimum atomic E-state index is -3.53. The number of rotatable bonds is 9. The maximum atomic E-state index is 11.9. The predicted octanol–water partition coefficient (Wildman–Crippen LogP) is 0.210. The summed E-state index contributed by atoms with van der Waals surface area (Å²) in [6.07, 6.45) is 3.17. The van der Waals surface area contributed by atoms with E-state index >= 15 is 0 Å². The van der Waals surface area contributed by atoms with Gasteiger partial charge in [-0.05, 0) is 19.3 Å². The molecular weight excluding hydrogens is 284 g/mol. The first kappa shape index (κ1) is 17.1. The molecule has 0 bridgehead atoms. The van der Waals surface area contributed by atoms with Gasteiger partial charge in [0.15, 0.2) is 0 Å². The summed E-state index contributed by atoms with van der Waals surface area (Å²) in [5.74, 6) is -1.30. The molecule has 0 radical (unpaired) electrons. The Labute approximate surface area is 119 Å². The maximum absolute atomic E-state index is 11.9. The van der Waals surface area contributed by atoms with Crippen LogP contribution in [0.4, 0.5) is 0 Å². The van der Waals surface area contributed by atoms with Crippen molar-refractivity contribution in [2.75, 3.05) is 32.8 Å². The molecule has 2 N–H and O–H groups in total. The molecule has 1 saturated heterocycles. The zero-order chi connectivity index (χ0) is 15.0. The first-order valence-corrected chi connectivity index (χ1v) is 8.07. The summed E-state index contributed by atoms with van der Waals surface area (Å²) in [6, 6.07) is 0. The van der Waals surface area contributed by atoms with Gasteiger partial charge >= 0.3 is 5.97 Å². The molecule has 1 heterocycles. The fourth-order valence-corrected chi connectivity index (χ4v) is 3.16. The summed E-state index contributed by atoms with van der Waals surface area (Å²) in [7, 11) is -3.53. The molecular formula is C12H22N2O5S. The van der Waals surface area contributed by atoms with Gasteiger partial charge in [0.05, 0.1) is 19.1 Å². The van der Waals surface area contributed by atoms with Crippen molar-refractivity contribution in [1.82, 2.24) is 9.03 Å². The van der Waals surface area contributed by atoms with Crippen molar-refractivity contribution >= 4 is 16.2 Å². The molecule has 0 spiro atoms. The molecule has 8 heteroatoms. The topological polar surface area (TPSA) is 95.9 Å². The summed E-state index contributed by atoms with van der Waals surface area (Å²) in [5, 5.41) is 8.86. The van der Waals surface area contributed by atoms with E-state index in [4.69, 9.17) is 9.84 Å². The van der Waals surface area contributed by atoms with E-state index < -0.39 is 22.1 Å². The van der Waals surface area contributed by atoms with Crippen molar-refractivity contribution in [3.8, 4) is 0 Å². The highest BCUT2D eigenvalue weighted by Crippen LogP contribution is 2.18. The Bertz CT molecular complexity index is 416. The Morgan fingerprint density at radius 3 is 2.60 bits per heavy atom. The number of hydrogen-bond donors (Lipinski definition) is 2. The summed E-state index contributed by atoms with van der Waals surface area (Å²) < 4.78 is 32.8. The molecule has 1 aliphatic rings. The number of nitrogens with zero attached hydrogens (tertiary/aromatic N) is 1. The van der Waals surface area contributed by atoms with E-state index in [1.54, 1.807) is 6.08 Å². The second-order valence-electron chi connectivity index (χ2n) is 4.60. The third-order valence-electron chi connectivity index (χ3n) is 3.14. The van der Waals surface area contributed by atoms with Gasteiger partial charge in [0.2, 0.25) is 0 Å². The normalized spacial score (nSPS) is 18.0. The lowest BCUT2D eigenvalue weighted by Crippen LogP contribution is -2.46. The van der Waals surface area contributed by atoms with E-state index in [0.29, 0.717) is 26.1 Å². The van der Waals surface area contributed by atoms with Crippen molar-refractivity contribution in [3.05, 3.63) is 12.7 Å². The number of carbonyl (C=O) groups is 1. The van der Waals surface area contributed by atoms with Gasteiger partial charge in [0, 0.05) is 19.6 Å². The van der Waals surface area contributed by atoms with E-state index in [1.807, 2.05) is 0 Å². The first-order valence-electron chi connectivity index (χ1n) is 6.63. The number of hydrogen-bond acceptors (Lipinski definition) is 4. The molecule has 1 rings (SSSR count). The van der Waals surface area contributed by atoms with E-state index in [2.05, 4.69) is 11.3 Å². The number of carboxylic acid groups (broad SMARTS) is 1. The number of ether oxygens (including phenoxy) is 1. The quantitative estimate of drug-likeness (QED) is 0.469. The third kappa shape index (κ3) is 5.58. The zero-order valence-corrected chi connectivity index (χ0v) is 12.3. The largest absolute Gasteiger partial charge is 0.481 e. The van der Waals surface area contributed by atoms with Crippen molar-refractivity contribution in [2.45, 2.75) is 19.3 Å². The highest BCUT2D eigenvalue weighted by atomic mass is 32.2. The Hall–Kier alpha value is -0.960. The molecule has 0 atom stereocenters. The average Bonchev–Trinajstić information content (AvgIpc) is 2.43. The molecule has 116 valence electrons. The fraction of sp³-hybridized carbons (Fsp3) is 0.750. The molecule has 0 aromatic carbocycles. The molecule has 0 aromatic heterocycles. The SMILES string of the molecule is C=CCCOCCNS(=O)(=O)N1CCC(C(=O)O)CC1. The molecule has 0 saturated carbocycles. The Kier molecular flexibility index (Phi) is 7.14. The second kappa shape index (κ2) is 8.35. The van der Waals surface area contributed by atoms with Crippen LogP contribution in [0.25, 0.3) is 0 Å². The van der Waals surface area contributed by atoms with E-state index in [1.165, 1.54) is 4.31 Å². The minimum absolute atomic E-state index is 0.207. The second-order valence-corrected chi connectivity index (χ2v) is 6.36. The van der Waals surface area contributed by atoms with Crippen LogP contribution in [0.2, 0.25) is 0 Å².